The lowest BCUT2D eigenvalue weighted by Gasteiger charge is -2.15. The minimum Gasteiger partial charge on any atom is -0.385 e. The Balaban J connectivity index is 2.15. The number of benzene rings is 1. The molecule has 0 heterocycles. The second-order valence-electron chi connectivity index (χ2n) is 4.00. The standard InChI is InChI=1S/C13H22N2O2/c1-16-9-5-8-13(15-14)11-17-10-12-6-3-2-4-7-12/h2-4,6-7,13,15H,5,8-11,14H2,1H3. The van der Waals surface area contributed by atoms with Crippen LogP contribution < -0.4 is 11.3 Å². The molecular formula is C13H22N2O2. The molecular weight excluding hydrogens is 216 g/mol. The van der Waals surface area contributed by atoms with E-state index in [1.807, 2.05) is 18.2 Å². The molecule has 0 spiro atoms. The lowest BCUT2D eigenvalue weighted by Crippen LogP contribution is -2.38. The molecule has 4 heteroatoms. The summed E-state index contributed by atoms with van der Waals surface area (Å²) < 4.78 is 10.6. The molecule has 1 rings (SSSR count). The zero-order valence-corrected chi connectivity index (χ0v) is 10.4. The van der Waals surface area contributed by atoms with Gasteiger partial charge in [-0.25, -0.2) is 0 Å². The van der Waals surface area contributed by atoms with E-state index in [0.717, 1.165) is 19.4 Å². The molecule has 0 aliphatic carbocycles. The highest BCUT2D eigenvalue weighted by Crippen LogP contribution is 2.03. The monoisotopic (exact) mass is 238 g/mol. The Morgan fingerprint density at radius 3 is 2.71 bits per heavy atom. The average Bonchev–Trinajstić information content (AvgIpc) is 2.38. The fraction of sp³-hybridized carbons (Fsp3) is 0.538. The maximum atomic E-state index is 5.62. The van der Waals surface area contributed by atoms with Crippen LogP contribution in [-0.4, -0.2) is 26.4 Å². The maximum Gasteiger partial charge on any atom is 0.0717 e. The Morgan fingerprint density at radius 2 is 2.06 bits per heavy atom. The molecule has 96 valence electrons. The van der Waals surface area contributed by atoms with E-state index >= 15 is 0 Å². The van der Waals surface area contributed by atoms with Crippen LogP contribution in [0.15, 0.2) is 30.3 Å². The maximum absolute atomic E-state index is 5.62. The predicted molar refractivity (Wildman–Crippen MR) is 68.3 cm³/mol. The van der Waals surface area contributed by atoms with Gasteiger partial charge >= 0.3 is 0 Å². The van der Waals surface area contributed by atoms with Crippen molar-refractivity contribution in [3.05, 3.63) is 35.9 Å². The molecule has 4 nitrogen and oxygen atoms in total. The first-order valence-corrected chi connectivity index (χ1v) is 5.93. The highest BCUT2D eigenvalue weighted by molar-refractivity contribution is 5.13. The Labute approximate surface area is 103 Å². The summed E-state index contributed by atoms with van der Waals surface area (Å²) in [5.41, 5.74) is 3.95. The fourth-order valence-electron chi connectivity index (χ4n) is 1.58. The van der Waals surface area contributed by atoms with E-state index in [9.17, 15) is 0 Å². The van der Waals surface area contributed by atoms with Crippen molar-refractivity contribution in [2.75, 3.05) is 20.3 Å². The molecule has 0 aliphatic heterocycles. The van der Waals surface area contributed by atoms with E-state index in [1.165, 1.54) is 5.56 Å². The first kappa shape index (κ1) is 14.1. The van der Waals surface area contributed by atoms with Gasteiger partial charge in [0, 0.05) is 19.8 Å². The number of hydrogen-bond acceptors (Lipinski definition) is 4. The Kier molecular flexibility index (Phi) is 7.58. The zero-order valence-electron chi connectivity index (χ0n) is 10.4. The first-order chi connectivity index (χ1) is 8.36. The van der Waals surface area contributed by atoms with Crippen molar-refractivity contribution in [3.63, 3.8) is 0 Å². The van der Waals surface area contributed by atoms with E-state index in [4.69, 9.17) is 15.3 Å². The Hall–Kier alpha value is -0.940. The fourth-order valence-corrected chi connectivity index (χ4v) is 1.58. The number of hydrazine groups is 1. The number of rotatable bonds is 9. The lowest BCUT2D eigenvalue weighted by atomic mass is 10.2. The van der Waals surface area contributed by atoms with Gasteiger partial charge in [0.05, 0.1) is 13.2 Å². The van der Waals surface area contributed by atoms with E-state index in [1.54, 1.807) is 7.11 Å². The first-order valence-electron chi connectivity index (χ1n) is 5.93. The number of nitrogens with one attached hydrogen (secondary N) is 1. The molecule has 1 aromatic carbocycles. The van der Waals surface area contributed by atoms with Gasteiger partial charge < -0.3 is 9.47 Å². The van der Waals surface area contributed by atoms with Crippen molar-refractivity contribution >= 4 is 0 Å². The summed E-state index contributed by atoms with van der Waals surface area (Å²) in [7, 11) is 1.71. The summed E-state index contributed by atoms with van der Waals surface area (Å²) in [6, 6.07) is 10.3. The number of nitrogens with two attached hydrogens (primary N) is 1. The molecule has 3 N–H and O–H groups in total. The van der Waals surface area contributed by atoms with Crippen LogP contribution in [0.5, 0.6) is 0 Å². The van der Waals surface area contributed by atoms with Crippen molar-refractivity contribution in [1.29, 1.82) is 0 Å². The van der Waals surface area contributed by atoms with Crippen LogP contribution in [0, 0.1) is 0 Å². The normalized spacial score (nSPS) is 12.6. The van der Waals surface area contributed by atoms with Crippen molar-refractivity contribution in [3.8, 4) is 0 Å². The van der Waals surface area contributed by atoms with Crippen molar-refractivity contribution in [2.45, 2.75) is 25.5 Å². The molecule has 0 aromatic heterocycles. The quantitative estimate of drug-likeness (QED) is 0.388. The van der Waals surface area contributed by atoms with Gasteiger partial charge in [-0.05, 0) is 18.4 Å². The molecule has 1 aromatic rings. The topological polar surface area (TPSA) is 56.5 Å². The molecule has 0 radical (unpaired) electrons. The molecule has 0 fully saturated rings. The molecule has 0 saturated carbocycles. The molecule has 0 aliphatic rings. The van der Waals surface area contributed by atoms with Crippen LogP contribution in [0.1, 0.15) is 18.4 Å². The van der Waals surface area contributed by atoms with Gasteiger partial charge in [0.25, 0.3) is 0 Å². The van der Waals surface area contributed by atoms with Crippen LogP contribution in [0.3, 0.4) is 0 Å². The van der Waals surface area contributed by atoms with Gasteiger partial charge in [0.15, 0.2) is 0 Å². The van der Waals surface area contributed by atoms with Gasteiger partial charge in [-0.3, -0.25) is 11.3 Å². The highest BCUT2D eigenvalue weighted by Gasteiger charge is 2.06. The van der Waals surface area contributed by atoms with Crippen LogP contribution in [0.4, 0.5) is 0 Å². The molecule has 0 bridgehead atoms. The van der Waals surface area contributed by atoms with E-state index in [2.05, 4.69) is 17.6 Å². The van der Waals surface area contributed by atoms with Gasteiger partial charge in [0.2, 0.25) is 0 Å². The molecule has 1 atom stereocenters. The second-order valence-corrected chi connectivity index (χ2v) is 4.00. The second kappa shape index (κ2) is 9.13. The van der Waals surface area contributed by atoms with E-state index in [-0.39, 0.29) is 6.04 Å². The molecule has 0 amide bonds. The number of hydrogen-bond donors (Lipinski definition) is 2. The van der Waals surface area contributed by atoms with Crippen molar-refractivity contribution in [1.82, 2.24) is 5.43 Å². The lowest BCUT2D eigenvalue weighted by molar-refractivity contribution is 0.0923. The Morgan fingerprint density at radius 1 is 1.29 bits per heavy atom. The zero-order chi connectivity index (χ0) is 12.3. The SMILES string of the molecule is COCCCC(COCc1ccccc1)NN. The summed E-state index contributed by atoms with van der Waals surface area (Å²) in [5.74, 6) is 5.46. The van der Waals surface area contributed by atoms with Crippen LogP contribution in [0.25, 0.3) is 0 Å². The van der Waals surface area contributed by atoms with E-state index in [0.29, 0.717) is 13.2 Å². The minimum atomic E-state index is 0.189. The third-order valence-electron chi connectivity index (χ3n) is 2.57. The van der Waals surface area contributed by atoms with Crippen molar-refractivity contribution in [2.24, 2.45) is 5.84 Å². The minimum absolute atomic E-state index is 0.189. The van der Waals surface area contributed by atoms with Gasteiger partial charge in [-0.15, -0.1) is 0 Å². The summed E-state index contributed by atoms with van der Waals surface area (Å²) in [4.78, 5) is 0. The highest BCUT2D eigenvalue weighted by atomic mass is 16.5. The van der Waals surface area contributed by atoms with Gasteiger partial charge in [-0.2, -0.15) is 0 Å². The predicted octanol–water partition coefficient (Wildman–Crippen LogP) is 1.46. The van der Waals surface area contributed by atoms with Crippen molar-refractivity contribution < 1.29 is 9.47 Å². The Bertz CT molecular complexity index is 280. The molecule has 0 saturated heterocycles. The summed E-state index contributed by atoms with van der Waals surface area (Å²) in [6.45, 7) is 2.01. The number of ether oxygens (including phenoxy) is 2. The average molecular weight is 238 g/mol. The summed E-state index contributed by atoms with van der Waals surface area (Å²) in [5, 5.41) is 0. The smallest absolute Gasteiger partial charge is 0.0717 e. The molecule has 17 heavy (non-hydrogen) atoms. The largest absolute Gasteiger partial charge is 0.385 e. The third-order valence-corrected chi connectivity index (χ3v) is 2.57. The van der Waals surface area contributed by atoms with Crippen LogP contribution >= 0.6 is 0 Å². The van der Waals surface area contributed by atoms with Crippen LogP contribution in [0.2, 0.25) is 0 Å². The van der Waals surface area contributed by atoms with E-state index < -0.39 is 0 Å². The van der Waals surface area contributed by atoms with Crippen LogP contribution in [-0.2, 0) is 16.1 Å². The summed E-state index contributed by atoms with van der Waals surface area (Å²) in [6.07, 6.45) is 1.94. The molecule has 1 unspecified atom stereocenters. The van der Waals surface area contributed by atoms with Gasteiger partial charge in [-0.1, -0.05) is 30.3 Å². The third kappa shape index (κ3) is 6.38. The number of methoxy groups -OCH3 is 1. The van der Waals surface area contributed by atoms with Gasteiger partial charge in [0.1, 0.15) is 0 Å². The summed E-state index contributed by atoms with van der Waals surface area (Å²) >= 11 is 0.